The molecule has 1 saturated heterocycles. The van der Waals surface area contributed by atoms with Crippen LogP contribution in [0.25, 0.3) is 0 Å². The van der Waals surface area contributed by atoms with E-state index >= 15 is 0 Å². The lowest BCUT2D eigenvalue weighted by Crippen LogP contribution is -2.29. The van der Waals surface area contributed by atoms with Crippen molar-refractivity contribution in [2.24, 2.45) is 11.8 Å². The van der Waals surface area contributed by atoms with Gasteiger partial charge in [-0.15, -0.1) is 11.3 Å². The van der Waals surface area contributed by atoms with Crippen LogP contribution in [0.4, 0.5) is 0 Å². The third-order valence-corrected chi connectivity index (χ3v) is 6.47. The molecular formula is C15H19NO3S2. The third kappa shape index (κ3) is 2.83. The molecule has 114 valence electrons. The molecule has 1 aromatic rings. The van der Waals surface area contributed by atoms with Crippen LogP contribution in [0.5, 0.6) is 0 Å². The van der Waals surface area contributed by atoms with E-state index in [-0.39, 0.29) is 23.7 Å². The van der Waals surface area contributed by atoms with Gasteiger partial charge in [0, 0.05) is 23.7 Å². The van der Waals surface area contributed by atoms with Gasteiger partial charge in [0.2, 0.25) is 0 Å². The minimum Gasteiger partial charge on any atom is -0.469 e. The Morgan fingerprint density at radius 1 is 1.38 bits per heavy atom. The molecule has 6 heteroatoms. The second-order valence-electron chi connectivity index (χ2n) is 5.68. The van der Waals surface area contributed by atoms with Crippen LogP contribution < -0.4 is 0 Å². The van der Waals surface area contributed by atoms with Crippen molar-refractivity contribution in [2.45, 2.75) is 19.1 Å². The predicted molar refractivity (Wildman–Crippen MR) is 84.8 cm³/mol. The molecule has 3 heterocycles. The topological polar surface area (TPSA) is 46.6 Å². The van der Waals surface area contributed by atoms with Gasteiger partial charge in [0.15, 0.2) is 0 Å². The number of fused-ring (bicyclic) bond motifs is 1. The van der Waals surface area contributed by atoms with E-state index < -0.39 is 0 Å². The molecule has 0 N–H and O–H groups in total. The van der Waals surface area contributed by atoms with E-state index in [4.69, 9.17) is 4.74 Å². The van der Waals surface area contributed by atoms with Crippen LogP contribution in [0.2, 0.25) is 0 Å². The molecule has 0 aromatic carbocycles. The van der Waals surface area contributed by atoms with E-state index in [0.717, 1.165) is 22.8 Å². The molecule has 0 saturated carbocycles. The highest BCUT2D eigenvalue weighted by Crippen LogP contribution is 2.33. The Hall–Kier alpha value is -1.01. The molecule has 1 amide bonds. The van der Waals surface area contributed by atoms with Crippen molar-refractivity contribution in [1.82, 2.24) is 4.90 Å². The number of thiophene rings is 1. The standard InChI is InChI=1S/C15H19NO3S2/c1-9-6-16(7-11(9)15(18)19-2)14(17)13-5-10-8-20-4-3-12(10)21-13/h5,9,11H,3-4,6-8H2,1-2H3. The minimum atomic E-state index is -0.209. The zero-order valence-corrected chi connectivity index (χ0v) is 13.9. The maximum Gasteiger partial charge on any atom is 0.310 e. The Kier molecular flexibility index (Phi) is 4.26. The molecule has 1 fully saturated rings. The van der Waals surface area contributed by atoms with Gasteiger partial charge in [0.1, 0.15) is 0 Å². The number of carbonyl (C=O) groups excluding carboxylic acids is 2. The van der Waals surface area contributed by atoms with Crippen molar-refractivity contribution in [1.29, 1.82) is 0 Å². The third-order valence-electron chi connectivity index (χ3n) is 4.24. The van der Waals surface area contributed by atoms with Gasteiger partial charge in [-0.2, -0.15) is 11.8 Å². The first-order chi connectivity index (χ1) is 10.1. The molecule has 0 radical (unpaired) electrons. The van der Waals surface area contributed by atoms with Crippen LogP contribution in [0, 0.1) is 11.8 Å². The van der Waals surface area contributed by atoms with Crippen LogP contribution in [0.1, 0.15) is 27.0 Å². The number of likely N-dealkylation sites (tertiary alicyclic amines) is 1. The molecule has 1 aromatic heterocycles. The van der Waals surface area contributed by atoms with Gasteiger partial charge in [0.05, 0.1) is 17.9 Å². The van der Waals surface area contributed by atoms with Gasteiger partial charge in [0.25, 0.3) is 5.91 Å². The number of esters is 1. The van der Waals surface area contributed by atoms with E-state index in [2.05, 4.69) is 0 Å². The summed E-state index contributed by atoms with van der Waals surface area (Å²) >= 11 is 3.55. The fraction of sp³-hybridized carbons (Fsp3) is 0.600. The van der Waals surface area contributed by atoms with Gasteiger partial charge in [-0.3, -0.25) is 9.59 Å². The van der Waals surface area contributed by atoms with Gasteiger partial charge in [-0.1, -0.05) is 6.92 Å². The lowest BCUT2D eigenvalue weighted by atomic mass is 9.99. The Morgan fingerprint density at radius 3 is 2.90 bits per heavy atom. The molecule has 2 atom stereocenters. The maximum absolute atomic E-state index is 12.6. The van der Waals surface area contributed by atoms with E-state index in [9.17, 15) is 9.59 Å². The second-order valence-corrected chi connectivity index (χ2v) is 7.92. The largest absolute Gasteiger partial charge is 0.469 e. The normalized spacial score (nSPS) is 24.8. The summed E-state index contributed by atoms with van der Waals surface area (Å²) in [6.45, 7) is 3.12. The van der Waals surface area contributed by atoms with Crippen molar-refractivity contribution >= 4 is 35.0 Å². The van der Waals surface area contributed by atoms with E-state index in [1.165, 1.54) is 17.6 Å². The lowest BCUT2D eigenvalue weighted by molar-refractivity contribution is -0.146. The summed E-state index contributed by atoms with van der Waals surface area (Å²) in [7, 11) is 1.41. The van der Waals surface area contributed by atoms with Crippen LogP contribution in [-0.4, -0.2) is 42.7 Å². The summed E-state index contributed by atoms with van der Waals surface area (Å²) < 4.78 is 4.83. The van der Waals surface area contributed by atoms with E-state index in [0.29, 0.717) is 13.1 Å². The summed E-state index contributed by atoms with van der Waals surface area (Å²) in [6.07, 6.45) is 1.07. The van der Waals surface area contributed by atoms with Crippen molar-refractivity contribution in [3.63, 3.8) is 0 Å². The zero-order chi connectivity index (χ0) is 15.0. The molecule has 0 bridgehead atoms. The number of aryl methyl sites for hydroxylation is 1. The number of hydrogen-bond donors (Lipinski definition) is 0. The van der Waals surface area contributed by atoms with Gasteiger partial charge in [-0.05, 0) is 29.7 Å². The minimum absolute atomic E-state index is 0.0673. The summed E-state index contributed by atoms with van der Waals surface area (Å²) in [6, 6.07) is 2.05. The number of ether oxygens (including phenoxy) is 1. The summed E-state index contributed by atoms with van der Waals surface area (Å²) in [4.78, 5) is 28.3. The Labute approximate surface area is 132 Å². The molecule has 2 aliphatic heterocycles. The molecule has 2 aliphatic rings. The van der Waals surface area contributed by atoms with E-state index in [1.807, 2.05) is 24.8 Å². The highest BCUT2D eigenvalue weighted by atomic mass is 32.2. The van der Waals surface area contributed by atoms with Crippen LogP contribution in [0.15, 0.2) is 6.07 Å². The Bertz CT molecular complexity index is 546. The first kappa shape index (κ1) is 14.9. The van der Waals surface area contributed by atoms with Gasteiger partial charge in [-0.25, -0.2) is 0 Å². The Morgan fingerprint density at radius 2 is 2.19 bits per heavy atom. The first-order valence-corrected chi connectivity index (χ1v) is 9.13. The maximum atomic E-state index is 12.6. The van der Waals surface area contributed by atoms with Crippen molar-refractivity contribution in [3.05, 3.63) is 21.4 Å². The predicted octanol–water partition coefficient (Wildman–Crippen LogP) is 2.42. The van der Waals surface area contributed by atoms with Gasteiger partial charge >= 0.3 is 5.97 Å². The molecule has 4 nitrogen and oxygen atoms in total. The average molecular weight is 325 g/mol. The molecule has 3 rings (SSSR count). The number of methoxy groups -OCH3 is 1. The van der Waals surface area contributed by atoms with Crippen LogP contribution in [-0.2, 0) is 21.7 Å². The average Bonchev–Trinajstić information content (AvgIpc) is 3.09. The number of amides is 1. The van der Waals surface area contributed by atoms with Crippen molar-refractivity contribution in [3.8, 4) is 0 Å². The quantitative estimate of drug-likeness (QED) is 0.784. The fourth-order valence-electron chi connectivity index (χ4n) is 3.00. The molecule has 0 spiro atoms. The highest BCUT2D eigenvalue weighted by Gasteiger charge is 2.38. The molecule has 2 unspecified atom stereocenters. The Balaban J connectivity index is 1.74. The zero-order valence-electron chi connectivity index (χ0n) is 12.3. The van der Waals surface area contributed by atoms with Crippen molar-refractivity contribution < 1.29 is 14.3 Å². The lowest BCUT2D eigenvalue weighted by Gasteiger charge is -2.14. The number of nitrogens with zero attached hydrogens (tertiary/aromatic N) is 1. The first-order valence-electron chi connectivity index (χ1n) is 7.16. The number of hydrogen-bond acceptors (Lipinski definition) is 5. The van der Waals surface area contributed by atoms with E-state index in [1.54, 1.807) is 16.2 Å². The summed E-state index contributed by atoms with van der Waals surface area (Å²) in [5.41, 5.74) is 1.32. The SMILES string of the molecule is COC(=O)C1CN(C(=O)c2cc3c(s2)CCSC3)CC1C. The summed E-state index contributed by atoms with van der Waals surface area (Å²) in [5, 5.41) is 0. The summed E-state index contributed by atoms with van der Waals surface area (Å²) in [5.74, 6) is 1.99. The number of thioether (sulfide) groups is 1. The number of rotatable bonds is 2. The fourth-order valence-corrected chi connectivity index (χ4v) is 5.34. The number of carbonyl (C=O) groups is 2. The molecule has 21 heavy (non-hydrogen) atoms. The molecular weight excluding hydrogens is 306 g/mol. The monoisotopic (exact) mass is 325 g/mol. The van der Waals surface area contributed by atoms with Gasteiger partial charge < -0.3 is 9.64 Å². The highest BCUT2D eigenvalue weighted by molar-refractivity contribution is 7.98. The molecule has 0 aliphatic carbocycles. The second kappa shape index (κ2) is 6.01. The van der Waals surface area contributed by atoms with Crippen LogP contribution in [0.3, 0.4) is 0 Å². The van der Waals surface area contributed by atoms with Crippen molar-refractivity contribution in [2.75, 3.05) is 26.0 Å². The smallest absolute Gasteiger partial charge is 0.310 e. The van der Waals surface area contributed by atoms with Crippen LogP contribution >= 0.6 is 23.1 Å².